The van der Waals surface area contributed by atoms with E-state index in [1.165, 1.54) is 10.8 Å². The van der Waals surface area contributed by atoms with Crippen molar-refractivity contribution in [2.24, 2.45) is 0 Å². The van der Waals surface area contributed by atoms with Crippen molar-refractivity contribution >= 4 is 55.0 Å². The molecule has 0 saturated carbocycles. The molecule has 0 amide bonds. The number of benzene rings is 6. The lowest BCUT2D eigenvalue weighted by molar-refractivity contribution is 1.17. The summed E-state index contributed by atoms with van der Waals surface area (Å²) in [6, 6.07) is 45.6. The van der Waals surface area contributed by atoms with Gasteiger partial charge in [0.25, 0.3) is 0 Å². The summed E-state index contributed by atoms with van der Waals surface area (Å²) in [5, 5.41) is 4.50. The maximum atomic E-state index is 8.13. The second-order valence-electron chi connectivity index (χ2n) is 10.4. The molecule has 6 aromatic carbocycles. The SMILES string of the molecule is [C-]#[N+]c1ccc2c(c1)c1ccccc1n2-c1c([N+]#[C-])cccc1-c1cccc(-n2c3ccccc3c3ccccc32)c1. The van der Waals surface area contributed by atoms with Crippen molar-refractivity contribution in [3.8, 4) is 22.5 Å². The van der Waals surface area contributed by atoms with Gasteiger partial charge in [-0.1, -0.05) is 91.0 Å². The Morgan fingerprint density at radius 2 is 1.05 bits per heavy atom. The predicted octanol–water partition coefficient (Wildman–Crippen LogP) is 10.6. The molecular weight excluding hydrogens is 512 g/mol. The molecule has 0 fully saturated rings. The Hall–Kier alpha value is -6.10. The summed E-state index contributed by atoms with van der Waals surface area (Å²) in [5.74, 6) is 0. The van der Waals surface area contributed by atoms with Gasteiger partial charge in [0.15, 0.2) is 5.69 Å². The fourth-order valence-corrected chi connectivity index (χ4v) is 6.37. The van der Waals surface area contributed by atoms with Crippen LogP contribution in [0.2, 0.25) is 0 Å². The van der Waals surface area contributed by atoms with Gasteiger partial charge in [-0.2, -0.15) is 0 Å². The van der Waals surface area contributed by atoms with Crippen LogP contribution in [0.4, 0.5) is 11.4 Å². The Bertz CT molecular complexity index is 2390. The summed E-state index contributed by atoms with van der Waals surface area (Å²) in [5.41, 5.74) is 9.37. The van der Waals surface area contributed by atoms with Crippen LogP contribution in [0.25, 0.3) is 75.8 Å². The number of para-hydroxylation sites is 4. The molecule has 42 heavy (non-hydrogen) atoms. The monoisotopic (exact) mass is 534 g/mol. The summed E-state index contributed by atoms with van der Waals surface area (Å²) in [6.45, 7) is 15.7. The predicted molar refractivity (Wildman–Crippen MR) is 173 cm³/mol. The van der Waals surface area contributed by atoms with Crippen LogP contribution in [0.3, 0.4) is 0 Å². The van der Waals surface area contributed by atoms with E-state index in [9.17, 15) is 0 Å². The van der Waals surface area contributed by atoms with E-state index in [-0.39, 0.29) is 0 Å². The maximum Gasteiger partial charge on any atom is 0.211 e. The van der Waals surface area contributed by atoms with Gasteiger partial charge in [0.05, 0.1) is 40.9 Å². The van der Waals surface area contributed by atoms with Crippen molar-refractivity contribution in [2.75, 3.05) is 0 Å². The number of aromatic nitrogens is 2. The molecule has 0 unspecified atom stereocenters. The van der Waals surface area contributed by atoms with E-state index < -0.39 is 0 Å². The third-order valence-electron chi connectivity index (χ3n) is 8.14. The second kappa shape index (κ2) is 9.24. The average molecular weight is 535 g/mol. The summed E-state index contributed by atoms with van der Waals surface area (Å²) in [4.78, 5) is 7.67. The van der Waals surface area contributed by atoms with Crippen molar-refractivity contribution in [2.45, 2.75) is 0 Å². The van der Waals surface area contributed by atoms with Gasteiger partial charge in [0.1, 0.15) is 0 Å². The van der Waals surface area contributed by atoms with Crippen LogP contribution in [-0.4, -0.2) is 9.13 Å². The van der Waals surface area contributed by atoms with Crippen molar-refractivity contribution in [3.05, 3.63) is 156 Å². The number of hydrogen-bond donors (Lipinski definition) is 0. The van der Waals surface area contributed by atoms with E-state index in [2.05, 4.69) is 110 Å². The first-order valence-electron chi connectivity index (χ1n) is 13.8. The van der Waals surface area contributed by atoms with Gasteiger partial charge in [-0.3, -0.25) is 0 Å². The van der Waals surface area contributed by atoms with E-state index in [0.29, 0.717) is 11.4 Å². The van der Waals surface area contributed by atoms with Crippen LogP contribution < -0.4 is 0 Å². The van der Waals surface area contributed by atoms with Crippen molar-refractivity contribution in [3.63, 3.8) is 0 Å². The standard InChI is InChI=1S/C38H22N4/c1-39-26-21-22-37-32(24-26)31-15-5-8-20-36(31)42(37)38-28(16-10-17-33(38)40-2)25-11-9-12-27(23-25)41-34-18-6-3-13-29(34)30-14-4-7-19-35(30)41/h3-24H. The third-order valence-corrected chi connectivity index (χ3v) is 8.14. The fraction of sp³-hybridized carbons (Fsp3) is 0. The molecule has 0 spiro atoms. The lowest BCUT2D eigenvalue weighted by Gasteiger charge is -2.17. The Labute approximate surface area is 242 Å². The first-order chi connectivity index (χ1) is 20.8. The number of hydrogen-bond acceptors (Lipinski definition) is 0. The zero-order chi connectivity index (χ0) is 28.2. The van der Waals surface area contributed by atoms with Crippen molar-refractivity contribution in [1.82, 2.24) is 9.13 Å². The molecule has 2 aromatic heterocycles. The molecule has 0 aliphatic rings. The van der Waals surface area contributed by atoms with Gasteiger partial charge >= 0.3 is 0 Å². The molecule has 4 nitrogen and oxygen atoms in total. The number of rotatable bonds is 3. The van der Waals surface area contributed by atoms with E-state index in [1.807, 2.05) is 42.5 Å². The molecule has 0 radical (unpaired) electrons. The molecule has 2 heterocycles. The quantitative estimate of drug-likeness (QED) is 0.201. The Kier molecular flexibility index (Phi) is 5.22. The minimum Gasteiger partial charge on any atom is -0.318 e. The largest absolute Gasteiger partial charge is 0.318 e. The van der Waals surface area contributed by atoms with E-state index in [0.717, 1.165) is 55.3 Å². The number of fused-ring (bicyclic) bond motifs is 6. The lowest BCUT2D eigenvalue weighted by Crippen LogP contribution is -1.99. The molecule has 0 N–H and O–H groups in total. The van der Waals surface area contributed by atoms with Gasteiger partial charge in [-0.15, -0.1) is 0 Å². The molecule has 0 aliphatic carbocycles. The molecule has 194 valence electrons. The molecule has 8 rings (SSSR count). The summed E-state index contributed by atoms with van der Waals surface area (Å²) >= 11 is 0. The molecular formula is C38H22N4. The van der Waals surface area contributed by atoms with Gasteiger partial charge in [-0.05, 0) is 59.0 Å². The van der Waals surface area contributed by atoms with Crippen LogP contribution in [0.5, 0.6) is 0 Å². The number of nitrogens with zero attached hydrogens (tertiary/aromatic N) is 4. The van der Waals surface area contributed by atoms with Crippen LogP contribution in [0, 0.1) is 13.1 Å². The average Bonchev–Trinajstić information content (AvgIpc) is 3.57. The highest BCUT2D eigenvalue weighted by Gasteiger charge is 2.20. The zero-order valence-electron chi connectivity index (χ0n) is 22.5. The molecule has 0 bridgehead atoms. The summed E-state index contributed by atoms with van der Waals surface area (Å²) < 4.78 is 4.51. The van der Waals surface area contributed by atoms with Crippen LogP contribution >= 0.6 is 0 Å². The summed E-state index contributed by atoms with van der Waals surface area (Å²) in [7, 11) is 0. The van der Waals surface area contributed by atoms with E-state index >= 15 is 0 Å². The molecule has 0 aliphatic heterocycles. The van der Waals surface area contributed by atoms with Gasteiger partial charge in [-0.25, -0.2) is 9.69 Å². The fourth-order valence-electron chi connectivity index (χ4n) is 6.37. The normalized spacial score (nSPS) is 11.3. The highest BCUT2D eigenvalue weighted by molar-refractivity contribution is 6.12. The van der Waals surface area contributed by atoms with Crippen LogP contribution in [0.15, 0.2) is 133 Å². The Balaban J connectivity index is 1.43. The topological polar surface area (TPSA) is 18.6 Å². The lowest BCUT2D eigenvalue weighted by atomic mass is 10.0. The highest BCUT2D eigenvalue weighted by Crippen LogP contribution is 2.42. The van der Waals surface area contributed by atoms with Crippen LogP contribution in [0.1, 0.15) is 0 Å². The van der Waals surface area contributed by atoms with Gasteiger partial charge in [0.2, 0.25) is 5.69 Å². The summed E-state index contributed by atoms with van der Waals surface area (Å²) in [6.07, 6.45) is 0. The highest BCUT2D eigenvalue weighted by atomic mass is 15.0. The van der Waals surface area contributed by atoms with E-state index in [4.69, 9.17) is 13.1 Å². The maximum absolute atomic E-state index is 8.13. The Morgan fingerprint density at radius 3 is 1.71 bits per heavy atom. The van der Waals surface area contributed by atoms with Crippen molar-refractivity contribution < 1.29 is 0 Å². The van der Waals surface area contributed by atoms with Crippen LogP contribution in [-0.2, 0) is 0 Å². The third kappa shape index (κ3) is 3.40. The zero-order valence-corrected chi connectivity index (χ0v) is 22.5. The first-order valence-corrected chi connectivity index (χ1v) is 13.8. The second-order valence-corrected chi connectivity index (χ2v) is 10.4. The molecule has 8 aromatic rings. The molecule has 0 atom stereocenters. The van der Waals surface area contributed by atoms with Gasteiger partial charge < -0.3 is 9.13 Å². The van der Waals surface area contributed by atoms with E-state index in [1.54, 1.807) is 0 Å². The first kappa shape index (κ1) is 23.8. The Morgan fingerprint density at radius 1 is 0.452 bits per heavy atom. The van der Waals surface area contributed by atoms with Crippen molar-refractivity contribution in [1.29, 1.82) is 0 Å². The molecule has 4 heteroatoms. The minimum atomic E-state index is 0.576. The van der Waals surface area contributed by atoms with Gasteiger partial charge in [0, 0.05) is 21.8 Å². The smallest absolute Gasteiger partial charge is 0.211 e. The minimum absolute atomic E-state index is 0.576. The molecule has 0 saturated heterocycles.